The van der Waals surface area contributed by atoms with E-state index in [-0.39, 0.29) is 12.4 Å². The van der Waals surface area contributed by atoms with Crippen LogP contribution < -0.4 is 0 Å². The van der Waals surface area contributed by atoms with E-state index in [1.807, 2.05) is 13.0 Å². The van der Waals surface area contributed by atoms with Crippen molar-refractivity contribution in [1.82, 2.24) is 0 Å². The van der Waals surface area contributed by atoms with Crippen LogP contribution in [0.3, 0.4) is 0 Å². The summed E-state index contributed by atoms with van der Waals surface area (Å²) in [4.78, 5) is 11.3. The van der Waals surface area contributed by atoms with Crippen LogP contribution in [0.15, 0.2) is 16.6 Å². The Bertz CT molecular complexity index is 377. The average molecular weight is 292 g/mol. The molecule has 0 bridgehead atoms. The number of ether oxygens (including phenoxy) is 1. The van der Waals surface area contributed by atoms with Crippen LogP contribution in [0.2, 0.25) is 5.02 Å². The van der Waals surface area contributed by atoms with Crippen molar-refractivity contribution in [2.24, 2.45) is 0 Å². The van der Waals surface area contributed by atoms with E-state index in [2.05, 4.69) is 15.9 Å². The molecular formula is C11H12BrClO2. The molecule has 0 spiro atoms. The van der Waals surface area contributed by atoms with Crippen molar-refractivity contribution in [2.45, 2.75) is 20.3 Å². The molecule has 4 heteroatoms. The highest BCUT2D eigenvalue weighted by Crippen LogP contribution is 2.28. The zero-order chi connectivity index (χ0) is 11.4. The second-order valence-electron chi connectivity index (χ2n) is 3.13. The molecule has 0 unspecified atom stereocenters. The lowest BCUT2D eigenvalue weighted by molar-refractivity contribution is -0.142. The molecule has 0 N–H and O–H groups in total. The molecule has 0 aliphatic heterocycles. The molecule has 1 rings (SSSR count). The van der Waals surface area contributed by atoms with Gasteiger partial charge >= 0.3 is 5.97 Å². The molecular weight excluding hydrogens is 279 g/mol. The zero-order valence-corrected chi connectivity index (χ0v) is 11.0. The Morgan fingerprint density at radius 3 is 2.80 bits per heavy atom. The Hall–Kier alpha value is -0.540. The lowest BCUT2D eigenvalue weighted by Crippen LogP contribution is -2.08. The van der Waals surface area contributed by atoms with Gasteiger partial charge in [-0.1, -0.05) is 17.7 Å². The van der Waals surface area contributed by atoms with Gasteiger partial charge in [-0.25, -0.2) is 0 Å². The Morgan fingerprint density at radius 2 is 2.20 bits per heavy atom. The fourth-order valence-electron chi connectivity index (χ4n) is 1.25. The number of carbonyl (C=O) groups excluding carboxylic acids is 1. The summed E-state index contributed by atoms with van der Waals surface area (Å²) in [6.45, 7) is 4.12. The summed E-state index contributed by atoms with van der Waals surface area (Å²) < 4.78 is 5.72. The molecule has 0 heterocycles. The van der Waals surface area contributed by atoms with E-state index in [0.717, 1.165) is 15.6 Å². The minimum Gasteiger partial charge on any atom is -0.466 e. The van der Waals surface area contributed by atoms with Crippen LogP contribution in [0.4, 0.5) is 0 Å². The number of carbonyl (C=O) groups is 1. The first-order chi connectivity index (χ1) is 7.06. The van der Waals surface area contributed by atoms with Crippen LogP contribution in [-0.2, 0) is 16.0 Å². The lowest BCUT2D eigenvalue weighted by atomic mass is 10.1. The standard InChI is InChI=1S/C11H12BrClO2/c1-3-15-10(14)6-8-4-5-9(13)11(12)7(8)2/h4-5H,3,6H2,1-2H3. The molecule has 0 saturated heterocycles. The fraction of sp³-hybridized carbons (Fsp3) is 0.364. The van der Waals surface area contributed by atoms with Gasteiger partial charge in [-0.3, -0.25) is 4.79 Å². The minimum atomic E-state index is -0.213. The predicted octanol–water partition coefficient (Wildman–Crippen LogP) is 3.52. The van der Waals surface area contributed by atoms with E-state index in [1.54, 1.807) is 13.0 Å². The maximum Gasteiger partial charge on any atom is 0.310 e. The highest BCUT2D eigenvalue weighted by atomic mass is 79.9. The van der Waals surface area contributed by atoms with Gasteiger partial charge in [0.1, 0.15) is 0 Å². The Balaban J connectivity index is 2.87. The number of hydrogen-bond donors (Lipinski definition) is 0. The van der Waals surface area contributed by atoms with Gasteiger partial charge in [0.25, 0.3) is 0 Å². The molecule has 1 aromatic rings. The lowest BCUT2D eigenvalue weighted by Gasteiger charge is -2.08. The van der Waals surface area contributed by atoms with Crippen molar-refractivity contribution in [2.75, 3.05) is 6.61 Å². The summed E-state index contributed by atoms with van der Waals surface area (Å²) in [6.07, 6.45) is 0.287. The van der Waals surface area contributed by atoms with E-state index in [1.165, 1.54) is 0 Å². The normalized spacial score (nSPS) is 10.1. The minimum absolute atomic E-state index is 0.213. The van der Waals surface area contributed by atoms with Gasteiger partial charge in [-0.2, -0.15) is 0 Å². The first-order valence-electron chi connectivity index (χ1n) is 4.65. The summed E-state index contributed by atoms with van der Waals surface area (Å²) in [5, 5.41) is 0.653. The molecule has 1 aromatic carbocycles. The summed E-state index contributed by atoms with van der Waals surface area (Å²) in [5.41, 5.74) is 1.92. The van der Waals surface area contributed by atoms with Gasteiger partial charge in [-0.15, -0.1) is 0 Å². The van der Waals surface area contributed by atoms with Crippen LogP contribution in [0.1, 0.15) is 18.1 Å². The van der Waals surface area contributed by atoms with E-state index in [9.17, 15) is 4.79 Å². The van der Waals surface area contributed by atoms with Crippen molar-refractivity contribution in [1.29, 1.82) is 0 Å². The van der Waals surface area contributed by atoms with Gasteiger partial charge < -0.3 is 4.74 Å². The zero-order valence-electron chi connectivity index (χ0n) is 8.64. The highest BCUT2D eigenvalue weighted by Gasteiger charge is 2.10. The molecule has 2 nitrogen and oxygen atoms in total. The van der Waals surface area contributed by atoms with Gasteiger partial charge in [0.05, 0.1) is 18.1 Å². The second-order valence-corrected chi connectivity index (χ2v) is 4.33. The Morgan fingerprint density at radius 1 is 1.53 bits per heavy atom. The largest absolute Gasteiger partial charge is 0.466 e. The Labute approximate surface area is 103 Å². The molecule has 0 amide bonds. The van der Waals surface area contributed by atoms with Gasteiger partial charge in [0.2, 0.25) is 0 Å². The number of hydrogen-bond acceptors (Lipinski definition) is 2. The fourth-order valence-corrected chi connectivity index (χ4v) is 1.84. The van der Waals surface area contributed by atoms with Crippen molar-refractivity contribution in [3.63, 3.8) is 0 Å². The van der Waals surface area contributed by atoms with Crippen molar-refractivity contribution < 1.29 is 9.53 Å². The molecule has 82 valence electrons. The van der Waals surface area contributed by atoms with Gasteiger partial charge in [-0.05, 0) is 47.0 Å². The molecule has 0 radical (unpaired) electrons. The number of rotatable bonds is 3. The number of esters is 1. The summed E-state index contributed by atoms with van der Waals surface area (Å²) in [7, 11) is 0. The van der Waals surface area contributed by atoms with Crippen LogP contribution in [0.5, 0.6) is 0 Å². The van der Waals surface area contributed by atoms with Crippen LogP contribution >= 0.6 is 27.5 Å². The van der Waals surface area contributed by atoms with Crippen molar-refractivity contribution in [3.8, 4) is 0 Å². The predicted molar refractivity (Wildman–Crippen MR) is 64.2 cm³/mol. The average Bonchev–Trinajstić information content (AvgIpc) is 2.20. The molecule has 15 heavy (non-hydrogen) atoms. The molecule has 0 aliphatic rings. The third kappa shape index (κ3) is 3.21. The Kier molecular flexibility index (Phi) is 4.61. The maximum atomic E-state index is 11.3. The van der Waals surface area contributed by atoms with Crippen LogP contribution in [0, 0.1) is 6.92 Å². The second kappa shape index (κ2) is 5.52. The van der Waals surface area contributed by atoms with E-state index < -0.39 is 0 Å². The van der Waals surface area contributed by atoms with Crippen LogP contribution in [0.25, 0.3) is 0 Å². The smallest absolute Gasteiger partial charge is 0.310 e. The van der Waals surface area contributed by atoms with Gasteiger partial charge in [0, 0.05) is 4.47 Å². The topological polar surface area (TPSA) is 26.3 Å². The molecule has 0 aromatic heterocycles. The van der Waals surface area contributed by atoms with E-state index >= 15 is 0 Å². The molecule has 0 fully saturated rings. The van der Waals surface area contributed by atoms with E-state index in [0.29, 0.717) is 11.6 Å². The van der Waals surface area contributed by atoms with Crippen LogP contribution in [-0.4, -0.2) is 12.6 Å². The van der Waals surface area contributed by atoms with Gasteiger partial charge in [0.15, 0.2) is 0 Å². The van der Waals surface area contributed by atoms with Crippen molar-refractivity contribution >= 4 is 33.5 Å². The molecule has 0 atom stereocenters. The summed E-state index contributed by atoms with van der Waals surface area (Å²) in [5.74, 6) is -0.213. The maximum absolute atomic E-state index is 11.3. The first kappa shape index (κ1) is 12.5. The molecule has 0 aliphatic carbocycles. The molecule has 0 saturated carbocycles. The summed E-state index contributed by atoms with van der Waals surface area (Å²) in [6, 6.07) is 3.62. The first-order valence-corrected chi connectivity index (χ1v) is 5.82. The number of halogens is 2. The summed E-state index contributed by atoms with van der Waals surface area (Å²) >= 11 is 9.30. The third-order valence-electron chi connectivity index (χ3n) is 2.09. The highest BCUT2D eigenvalue weighted by molar-refractivity contribution is 9.10. The van der Waals surface area contributed by atoms with E-state index in [4.69, 9.17) is 16.3 Å². The van der Waals surface area contributed by atoms with Crippen molar-refractivity contribution in [3.05, 3.63) is 32.8 Å². The number of benzene rings is 1. The SMILES string of the molecule is CCOC(=O)Cc1ccc(Cl)c(Br)c1C. The third-order valence-corrected chi connectivity index (χ3v) is 3.66. The quantitative estimate of drug-likeness (QED) is 0.797. The monoisotopic (exact) mass is 290 g/mol.